The highest BCUT2D eigenvalue weighted by atomic mass is 79.9. The van der Waals surface area contributed by atoms with E-state index in [1.807, 2.05) is 12.1 Å². The number of benzene rings is 2. The first kappa shape index (κ1) is 16.0. The Bertz CT molecular complexity index is 569. The quantitative estimate of drug-likeness (QED) is 0.750. The Morgan fingerprint density at radius 1 is 1.14 bits per heavy atom. The van der Waals surface area contributed by atoms with Crippen LogP contribution in [0.2, 0.25) is 0 Å². The Hall–Kier alpha value is -1.39. The van der Waals surface area contributed by atoms with Crippen LogP contribution in [0.1, 0.15) is 18.1 Å². The van der Waals surface area contributed by atoms with Gasteiger partial charge in [-0.3, -0.25) is 0 Å². The maximum Gasteiger partial charge on any atom is 0.128 e. The average molecular weight is 352 g/mol. The van der Waals surface area contributed by atoms with Crippen LogP contribution in [-0.2, 0) is 13.0 Å². The highest BCUT2D eigenvalue weighted by Gasteiger charge is 2.04. The molecule has 0 saturated heterocycles. The van der Waals surface area contributed by atoms with E-state index in [9.17, 15) is 4.39 Å². The molecule has 112 valence electrons. The van der Waals surface area contributed by atoms with E-state index in [0.29, 0.717) is 16.8 Å². The number of hydrogen-bond donors (Lipinski definition) is 1. The number of ether oxygens (including phenoxy) is 1. The Morgan fingerprint density at radius 3 is 2.62 bits per heavy atom. The number of nitrogens with one attached hydrogen (secondary N) is 1. The molecule has 2 rings (SSSR count). The van der Waals surface area contributed by atoms with Crippen LogP contribution in [0.15, 0.2) is 46.9 Å². The van der Waals surface area contributed by atoms with E-state index in [-0.39, 0.29) is 5.82 Å². The van der Waals surface area contributed by atoms with Crippen molar-refractivity contribution in [2.24, 2.45) is 0 Å². The third kappa shape index (κ3) is 5.14. The zero-order valence-corrected chi connectivity index (χ0v) is 13.6. The predicted molar refractivity (Wildman–Crippen MR) is 87.1 cm³/mol. The summed E-state index contributed by atoms with van der Waals surface area (Å²) in [5.41, 5.74) is 2.39. The van der Waals surface area contributed by atoms with Crippen molar-refractivity contribution < 1.29 is 9.13 Å². The minimum atomic E-state index is -0.306. The van der Waals surface area contributed by atoms with Gasteiger partial charge < -0.3 is 10.1 Å². The third-order valence-corrected chi connectivity index (χ3v) is 3.63. The van der Waals surface area contributed by atoms with Crippen molar-refractivity contribution in [3.8, 4) is 5.75 Å². The van der Waals surface area contributed by atoms with Crippen molar-refractivity contribution in [1.29, 1.82) is 0 Å². The summed E-state index contributed by atoms with van der Waals surface area (Å²) in [6.07, 6.45) is 0.959. The maximum absolute atomic E-state index is 13.3. The van der Waals surface area contributed by atoms with Gasteiger partial charge in [-0.25, -0.2) is 4.39 Å². The third-order valence-electron chi connectivity index (χ3n) is 3.17. The van der Waals surface area contributed by atoms with E-state index in [1.165, 1.54) is 17.7 Å². The molecule has 2 nitrogen and oxygen atoms in total. The fraction of sp³-hybridized carbons (Fsp3) is 0.294. The SMILES string of the molecule is CCNCCc1ccccc1COc1cc(F)cc(Br)c1. The zero-order valence-electron chi connectivity index (χ0n) is 12.0. The number of halogens is 2. The molecule has 21 heavy (non-hydrogen) atoms. The minimum absolute atomic E-state index is 0.306. The van der Waals surface area contributed by atoms with Crippen molar-refractivity contribution in [3.63, 3.8) is 0 Å². The molecule has 0 aliphatic rings. The van der Waals surface area contributed by atoms with Crippen LogP contribution in [-0.4, -0.2) is 13.1 Å². The van der Waals surface area contributed by atoms with Gasteiger partial charge in [0.1, 0.15) is 18.2 Å². The van der Waals surface area contributed by atoms with Gasteiger partial charge >= 0.3 is 0 Å². The van der Waals surface area contributed by atoms with Crippen LogP contribution in [0.3, 0.4) is 0 Å². The van der Waals surface area contributed by atoms with E-state index >= 15 is 0 Å². The van der Waals surface area contributed by atoms with E-state index < -0.39 is 0 Å². The fourth-order valence-electron chi connectivity index (χ4n) is 2.11. The predicted octanol–water partition coefficient (Wildman–Crippen LogP) is 4.32. The molecule has 0 spiro atoms. The van der Waals surface area contributed by atoms with Gasteiger partial charge in [-0.2, -0.15) is 0 Å². The highest BCUT2D eigenvalue weighted by molar-refractivity contribution is 9.10. The first-order chi connectivity index (χ1) is 10.2. The molecule has 0 bridgehead atoms. The number of hydrogen-bond acceptors (Lipinski definition) is 2. The molecule has 0 aliphatic carbocycles. The average Bonchev–Trinajstić information content (AvgIpc) is 2.45. The molecule has 1 N–H and O–H groups in total. The number of rotatable bonds is 7. The second kappa shape index (κ2) is 8.15. The smallest absolute Gasteiger partial charge is 0.128 e. The Kier molecular flexibility index (Phi) is 6.21. The summed E-state index contributed by atoms with van der Waals surface area (Å²) >= 11 is 3.27. The lowest BCUT2D eigenvalue weighted by atomic mass is 10.1. The molecule has 0 amide bonds. The van der Waals surface area contributed by atoms with Crippen LogP contribution in [0, 0.1) is 5.82 Å². The molecule has 0 radical (unpaired) electrons. The Labute approximate surface area is 133 Å². The first-order valence-electron chi connectivity index (χ1n) is 7.05. The largest absolute Gasteiger partial charge is 0.489 e. The standard InChI is InChI=1S/C17H19BrFNO/c1-2-20-8-7-13-5-3-4-6-14(13)12-21-17-10-15(18)9-16(19)11-17/h3-6,9-11,20H,2,7-8,12H2,1H3. The molecule has 2 aromatic rings. The van der Waals surface area contributed by atoms with Gasteiger partial charge in [0.25, 0.3) is 0 Å². The lowest BCUT2D eigenvalue weighted by Gasteiger charge is -2.12. The van der Waals surface area contributed by atoms with Crippen molar-refractivity contribution >= 4 is 15.9 Å². The molecule has 0 aromatic heterocycles. The maximum atomic E-state index is 13.3. The van der Waals surface area contributed by atoms with Crippen molar-refractivity contribution in [2.75, 3.05) is 13.1 Å². The van der Waals surface area contributed by atoms with Crippen molar-refractivity contribution in [2.45, 2.75) is 20.0 Å². The monoisotopic (exact) mass is 351 g/mol. The Balaban J connectivity index is 2.02. The molecule has 4 heteroatoms. The zero-order chi connectivity index (χ0) is 15.1. The van der Waals surface area contributed by atoms with Gasteiger partial charge in [0.2, 0.25) is 0 Å². The summed E-state index contributed by atoms with van der Waals surface area (Å²) in [4.78, 5) is 0. The molecule has 0 unspecified atom stereocenters. The van der Waals surface area contributed by atoms with Crippen LogP contribution < -0.4 is 10.1 Å². The highest BCUT2D eigenvalue weighted by Crippen LogP contribution is 2.22. The summed E-state index contributed by atoms with van der Waals surface area (Å²) < 4.78 is 19.7. The molecular formula is C17H19BrFNO. The normalized spacial score (nSPS) is 10.6. The van der Waals surface area contributed by atoms with Crippen LogP contribution in [0.25, 0.3) is 0 Å². The molecule has 0 atom stereocenters. The van der Waals surface area contributed by atoms with E-state index in [2.05, 4.69) is 40.3 Å². The molecule has 0 fully saturated rings. The van der Waals surface area contributed by atoms with E-state index in [1.54, 1.807) is 6.07 Å². The van der Waals surface area contributed by atoms with Gasteiger partial charge in [0.15, 0.2) is 0 Å². The molecule has 0 saturated carbocycles. The van der Waals surface area contributed by atoms with Crippen LogP contribution in [0.4, 0.5) is 4.39 Å². The van der Waals surface area contributed by atoms with Crippen LogP contribution >= 0.6 is 15.9 Å². The summed E-state index contributed by atoms with van der Waals surface area (Å²) in [6, 6.07) is 12.8. The number of likely N-dealkylation sites (N-methyl/N-ethyl adjacent to an activating group) is 1. The molecular weight excluding hydrogens is 333 g/mol. The fourth-order valence-corrected chi connectivity index (χ4v) is 2.56. The molecule has 2 aromatic carbocycles. The topological polar surface area (TPSA) is 21.3 Å². The minimum Gasteiger partial charge on any atom is -0.489 e. The summed E-state index contributed by atoms with van der Waals surface area (Å²) in [5.74, 6) is 0.225. The van der Waals surface area contributed by atoms with E-state index in [0.717, 1.165) is 25.1 Å². The van der Waals surface area contributed by atoms with Gasteiger partial charge in [-0.15, -0.1) is 0 Å². The molecule has 0 heterocycles. The van der Waals surface area contributed by atoms with Gasteiger partial charge in [0, 0.05) is 10.5 Å². The second-order valence-corrected chi connectivity index (χ2v) is 5.68. The first-order valence-corrected chi connectivity index (χ1v) is 7.84. The van der Waals surface area contributed by atoms with Crippen molar-refractivity contribution in [3.05, 3.63) is 63.9 Å². The molecule has 0 aliphatic heterocycles. The van der Waals surface area contributed by atoms with E-state index in [4.69, 9.17) is 4.74 Å². The van der Waals surface area contributed by atoms with Gasteiger partial charge in [-0.1, -0.05) is 47.1 Å². The lowest BCUT2D eigenvalue weighted by molar-refractivity contribution is 0.303. The van der Waals surface area contributed by atoms with Crippen LogP contribution in [0.5, 0.6) is 5.75 Å². The summed E-state index contributed by atoms with van der Waals surface area (Å²) in [5, 5.41) is 3.32. The second-order valence-electron chi connectivity index (χ2n) is 4.77. The van der Waals surface area contributed by atoms with Gasteiger partial charge in [-0.05, 0) is 42.8 Å². The Morgan fingerprint density at radius 2 is 1.90 bits per heavy atom. The summed E-state index contributed by atoms with van der Waals surface area (Å²) in [7, 11) is 0. The summed E-state index contributed by atoms with van der Waals surface area (Å²) in [6.45, 7) is 4.45. The lowest BCUT2D eigenvalue weighted by Crippen LogP contribution is -2.17. The van der Waals surface area contributed by atoms with Crippen molar-refractivity contribution in [1.82, 2.24) is 5.32 Å². The van der Waals surface area contributed by atoms with Gasteiger partial charge in [0.05, 0.1) is 0 Å².